The van der Waals surface area contributed by atoms with Gasteiger partial charge in [0.25, 0.3) is 0 Å². The van der Waals surface area contributed by atoms with Gasteiger partial charge in [-0.15, -0.1) is 0 Å². The van der Waals surface area contributed by atoms with Gasteiger partial charge in [-0.05, 0) is 51.7 Å². The number of nitrogens with zero attached hydrogens (tertiary/aromatic N) is 3. The molecule has 0 amide bonds. The molecule has 170 valence electrons. The van der Waals surface area contributed by atoms with Crippen LogP contribution < -0.4 is 0 Å². The van der Waals surface area contributed by atoms with E-state index in [-0.39, 0.29) is 5.28 Å². The molecule has 0 saturated carbocycles. The first kappa shape index (κ1) is 20.8. The third-order valence-corrected chi connectivity index (χ3v) is 6.66. The quantitative estimate of drug-likeness (QED) is 0.252. The van der Waals surface area contributed by atoms with Crippen molar-refractivity contribution >= 4 is 44.3 Å². The van der Waals surface area contributed by atoms with Gasteiger partial charge in [-0.3, -0.25) is 0 Å². The maximum atomic E-state index is 6.34. The summed E-state index contributed by atoms with van der Waals surface area (Å²) >= 11 is 6.34. The first-order valence-electron chi connectivity index (χ1n) is 11.6. The molecule has 5 aromatic carbocycles. The van der Waals surface area contributed by atoms with Crippen molar-refractivity contribution in [3.8, 4) is 33.9 Å². The van der Waals surface area contributed by atoms with E-state index >= 15 is 0 Å². The van der Waals surface area contributed by atoms with Crippen LogP contribution in [0.3, 0.4) is 0 Å². The topological polar surface area (TPSA) is 51.8 Å². The lowest BCUT2D eigenvalue weighted by molar-refractivity contribution is 0.669. The fourth-order valence-corrected chi connectivity index (χ4v) is 4.91. The number of benzene rings is 5. The highest BCUT2D eigenvalue weighted by Gasteiger charge is 2.13. The average molecular weight is 484 g/mol. The van der Waals surface area contributed by atoms with Gasteiger partial charge < -0.3 is 4.42 Å². The van der Waals surface area contributed by atoms with Crippen LogP contribution in [0.25, 0.3) is 66.6 Å². The molecule has 0 aliphatic heterocycles. The van der Waals surface area contributed by atoms with Gasteiger partial charge in [0, 0.05) is 21.9 Å². The first-order chi connectivity index (χ1) is 17.7. The highest BCUT2D eigenvalue weighted by Crippen LogP contribution is 2.33. The van der Waals surface area contributed by atoms with E-state index in [0.29, 0.717) is 11.6 Å². The Labute approximate surface area is 211 Å². The second kappa shape index (κ2) is 8.29. The second-order valence-corrected chi connectivity index (χ2v) is 9.00. The number of para-hydroxylation sites is 1. The molecule has 2 aromatic heterocycles. The summed E-state index contributed by atoms with van der Waals surface area (Å²) in [6.45, 7) is 0. The molecule has 0 radical (unpaired) electrons. The smallest absolute Gasteiger partial charge is 0.226 e. The number of halogens is 1. The van der Waals surface area contributed by atoms with Crippen LogP contribution in [-0.2, 0) is 0 Å². The molecule has 0 bridgehead atoms. The Balaban J connectivity index is 1.28. The van der Waals surface area contributed by atoms with E-state index in [1.165, 1.54) is 16.3 Å². The fourth-order valence-electron chi connectivity index (χ4n) is 4.75. The van der Waals surface area contributed by atoms with Gasteiger partial charge in [-0.1, -0.05) is 91.0 Å². The summed E-state index contributed by atoms with van der Waals surface area (Å²) in [4.78, 5) is 13.5. The van der Waals surface area contributed by atoms with E-state index in [4.69, 9.17) is 21.0 Å². The maximum absolute atomic E-state index is 6.34. The van der Waals surface area contributed by atoms with Crippen molar-refractivity contribution < 1.29 is 4.42 Å². The van der Waals surface area contributed by atoms with Gasteiger partial charge >= 0.3 is 0 Å². The van der Waals surface area contributed by atoms with Crippen molar-refractivity contribution in [2.45, 2.75) is 0 Å². The molecule has 4 nitrogen and oxygen atoms in total. The zero-order chi connectivity index (χ0) is 24.1. The van der Waals surface area contributed by atoms with E-state index in [0.717, 1.165) is 38.6 Å². The van der Waals surface area contributed by atoms with Crippen molar-refractivity contribution in [1.29, 1.82) is 0 Å². The molecule has 0 spiro atoms. The maximum Gasteiger partial charge on any atom is 0.226 e. The highest BCUT2D eigenvalue weighted by atomic mass is 35.5. The van der Waals surface area contributed by atoms with Gasteiger partial charge in [-0.2, -0.15) is 9.97 Å². The van der Waals surface area contributed by atoms with Gasteiger partial charge in [0.15, 0.2) is 11.6 Å². The lowest BCUT2D eigenvalue weighted by Gasteiger charge is -2.09. The van der Waals surface area contributed by atoms with Crippen LogP contribution in [0.2, 0.25) is 5.28 Å². The fraction of sp³-hybridized carbons (Fsp3) is 0. The molecule has 36 heavy (non-hydrogen) atoms. The van der Waals surface area contributed by atoms with Gasteiger partial charge in [0.05, 0.1) is 0 Å². The Morgan fingerprint density at radius 1 is 0.500 bits per heavy atom. The zero-order valence-corrected chi connectivity index (χ0v) is 19.8. The van der Waals surface area contributed by atoms with E-state index < -0.39 is 0 Å². The molecule has 5 heteroatoms. The zero-order valence-electron chi connectivity index (χ0n) is 19.0. The van der Waals surface area contributed by atoms with Crippen molar-refractivity contribution in [2.75, 3.05) is 0 Å². The molecule has 0 aliphatic carbocycles. The lowest BCUT2D eigenvalue weighted by Crippen LogP contribution is -1.97. The van der Waals surface area contributed by atoms with Crippen molar-refractivity contribution in [2.24, 2.45) is 0 Å². The molecular formula is C31H18ClN3O. The average Bonchev–Trinajstić information content (AvgIpc) is 3.30. The van der Waals surface area contributed by atoms with Gasteiger partial charge in [0.2, 0.25) is 5.28 Å². The molecule has 2 heterocycles. The number of furan rings is 1. The highest BCUT2D eigenvalue weighted by molar-refractivity contribution is 6.28. The van der Waals surface area contributed by atoms with Crippen LogP contribution in [0.4, 0.5) is 0 Å². The van der Waals surface area contributed by atoms with Crippen LogP contribution in [0.15, 0.2) is 114 Å². The van der Waals surface area contributed by atoms with Crippen LogP contribution in [0.5, 0.6) is 0 Å². The molecule has 0 saturated heterocycles. The van der Waals surface area contributed by atoms with E-state index in [2.05, 4.69) is 70.6 Å². The Bertz CT molecular complexity index is 1900. The predicted octanol–water partition coefficient (Wildman–Crippen LogP) is 8.58. The summed E-state index contributed by atoms with van der Waals surface area (Å²) in [7, 11) is 0. The first-order valence-corrected chi connectivity index (χ1v) is 12.0. The van der Waals surface area contributed by atoms with Crippen LogP contribution in [-0.4, -0.2) is 15.0 Å². The Morgan fingerprint density at radius 2 is 1.14 bits per heavy atom. The molecule has 0 N–H and O–H groups in total. The second-order valence-electron chi connectivity index (χ2n) is 8.66. The predicted molar refractivity (Wildman–Crippen MR) is 146 cm³/mol. The molecule has 7 aromatic rings. The van der Waals surface area contributed by atoms with E-state index in [1.807, 2.05) is 48.5 Å². The summed E-state index contributed by atoms with van der Waals surface area (Å²) in [6, 6.07) is 37.0. The summed E-state index contributed by atoms with van der Waals surface area (Å²) in [5.41, 5.74) is 5.64. The molecule has 0 fully saturated rings. The summed E-state index contributed by atoms with van der Waals surface area (Å²) in [5, 5.41) is 4.73. The lowest BCUT2D eigenvalue weighted by atomic mass is 9.97. The van der Waals surface area contributed by atoms with Crippen molar-refractivity contribution in [1.82, 2.24) is 15.0 Å². The van der Waals surface area contributed by atoms with Gasteiger partial charge in [-0.25, -0.2) is 4.98 Å². The third-order valence-electron chi connectivity index (χ3n) is 6.49. The minimum absolute atomic E-state index is 0.151. The Morgan fingerprint density at radius 3 is 2.00 bits per heavy atom. The van der Waals surface area contributed by atoms with Crippen LogP contribution in [0, 0.1) is 0 Å². The van der Waals surface area contributed by atoms with E-state index in [9.17, 15) is 0 Å². The summed E-state index contributed by atoms with van der Waals surface area (Å²) < 4.78 is 6.04. The van der Waals surface area contributed by atoms with Crippen molar-refractivity contribution in [3.63, 3.8) is 0 Å². The molecule has 0 aliphatic rings. The Hall–Kier alpha value is -4.54. The van der Waals surface area contributed by atoms with Gasteiger partial charge in [0.1, 0.15) is 11.2 Å². The number of aromatic nitrogens is 3. The van der Waals surface area contributed by atoms with Crippen LogP contribution >= 0.6 is 11.6 Å². The summed E-state index contributed by atoms with van der Waals surface area (Å²) in [6.07, 6.45) is 0. The summed E-state index contributed by atoms with van der Waals surface area (Å²) in [5.74, 6) is 1.03. The molecular weight excluding hydrogens is 466 g/mol. The molecule has 0 atom stereocenters. The number of fused-ring (bicyclic) bond motifs is 4. The minimum Gasteiger partial charge on any atom is -0.456 e. The monoisotopic (exact) mass is 483 g/mol. The number of rotatable bonds is 3. The largest absolute Gasteiger partial charge is 0.456 e. The minimum atomic E-state index is 0.151. The third kappa shape index (κ3) is 3.51. The van der Waals surface area contributed by atoms with Crippen molar-refractivity contribution in [3.05, 3.63) is 114 Å². The Kier molecular flexibility index (Phi) is 4.79. The van der Waals surface area contributed by atoms with Crippen LogP contribution in [0.1, 0.15) is 0 Å². The number of hydrogen-bond acceptors (Lipinski definition) is 4. The standard InChI is InChI=1S/C31H18ClN3O/c32-31-34-29(21-14-12-20(13-15-21)24-10-5-7-19-6-1-2-8-23(19)24)33-30(35-31)22-16-17-26-25-9-3-4-11-27(25)36-28(26)18-22/h1-18H. The van der Waals surface area contributed by atoms with E-state index in [1.54, 1.807) is 0 Å². The molecule has 0 unspecified atom stereocenters. The normalized spacial score (nSPS) is 11.5. The number of hydrogen-bond donors (Lipinski definition) is 0. The SMILES string of the molecule is Clc1nc(-c2ccc(-c3cccc4ccccc34)cc2)nc(-c2ccc3c(c2)oc2ccccc23)n1. The molecule has 7 rings (SSSR count).